The normalized spacial score (nSPS) is 42.5. The summed E-state index contributed by atoms with van der Waals surface area (Å²) in [5, 5.41) is 26.8. The van der Waals surface area contributed by atoms with E-state index in [-0.39, 0.29) is 94.9 Å². The molecule has 6 heterocycles. The van der Waals surface area contributed by atoms with Crippen LogP contribution in [0.4, 0.5) is 0 Å². The Morgan fingerprint density at radius 3 is 0.914 bits per heavy atom. The summed E-state index contributed by atoms with van der Waals surface area (Å²) in [5.74, 6) is 7.75. The molecule has 4 aromatic carbocycles. The van der Waals surface area contributed by atoms with Gasteiger partial charge < -0.3 is 5.48 Å². The first-order valence-electron chi connectivity index (χ1n) is 26.9. The Balaban J connectivity index is 0.00000480. The zero-order valence-corrected chi connectivity index (χ0v) is 41.3. The van der Waals surface area contributed by atoms with Gasteiger partial charge in [-0.05, 0) is 0 Å². The average Bonchev–Trinajstić information content (AvgIpc) is 4.07. The van der Waals surface area contributed by atoms with Crippen molar-refractivity contribution in [2.24, 2.45) is 47.3 Å². The van der Waals surface area contributed by atoms with Crippen molar-refractivity contribution in [3.63, 3.8) is 0 Å². The van der Waals surface area contributed by atoms with Gasteiger partial charge in [0.1, 0.15) is 0 Å². The van der Waals surface area contributed by atoms with Gasteiger partial charge in [-0.25, -0.2) is 0 Å². The second-order valence-corrected chi connectivity index (χ2v) is 23.9. The SMILES string of the molecule is [OH-].c1ccc(OC2CCC3C4NC(NC5C6CCC(Oc7ccccc7)CC6C6NC7NC(NC8C9CCC(Oc%10ccccc%10)CC9C(N4)[N]8[Al+][N]56)C4CC(Oc5ccccc5)CCC74)C3C2)cc1. The van der Waals surface area contributed by atoms with Crippen molar-refractivity contribution in [1.29, 1.82) is 0 Å². The Kier molecular flexibility index (Phi) is 12.9. The van der Waals surface area contributed by atoms with Crippen LogP contribution in [0, 0.1) is 47.3 Å². The van der Waals surface area contributed by atoms with E-state index < -0.39 is 0 Å². The number of nitrogens with one attached hydrogen (secondary N) is 6. The molecular weight excluding hydrogens is 892 g/mol. The van der Waals surface area contributed by atoms with Crippen LogP contribution in [0.2, 0.25) is 0 Å². The predicted octanol–water partition coefficient (Wildman–Crippen LogP) is 6.63. The van der Waals surface area contributed by atoms with Gasteiger partial charge in [0.25, 0.3) is 0 Å². The summed E-state index contributed by atoms with van der Waals surface area (Å²) < 4.78 is 33.4. The molecular formula is C56H71AlN8O5. The third-order valence-corrected chi connectivity index (χ3v) is 20.6. The molecule has 6 saturated heterocycles. The van der Waals surface area contributed by atoms with Crippen molar-refractivity contribution in [3.8, 4) is 23.0 Å². The van der Waals surface area contributed by atoms with Crippen LogP contribution in [0.25, 0.3) is 0 Å². The molecule has 10 fully saturated rings. The van der Waals surface area contributed by atoms with Crippen molar-refractivity contribution in [2.75, 3.05) is 0 Å². The van der Waals surface area contributed by atoms with E-state index in [2.05, 4.69) is 161 Å². The first-order chi connectivity index (χ1) is 34.1. The van der Waals surface area contributed by atoms with E-state index in [0.717, 1.165) is 100 Å². The molecule has 20 unspecified atom stereocenters. The molecule has 13 nitrogen and oxygen atoms in total. The van der Waals surface area contributed by atoms with E-state index in [1.807, 2.05) is 0 Å². The molecule has 7 N–H and O–H groups in total. The maximum atomic E-state index is 6.90. The number of hydrogen-bond acceptors (Lipinski definition) is 13. The van der Waals surface area contributed by atoms with Gasteiger partial charge >= 0.3 is 417 Å². The Bertz CT molecular complexity index is 2200. The van der Waals surface area contributed by atoms with Gasteiger partial charge in [0.15, 0.2) is 0 Å². The van der Waals surface area contributed by atoms with E-state index in [1.165, 1.54) is 0 Å². The van der Waals surface area contributed by atoms with Crippen LogP contribution in [0.3, 0.4) is 0 Å². The fraction of sp³-hybridized carbons (Fsp3) is 0.571. The monoisotopic (exact) mass is 963 g/mol. The van der Waals surface area contributed by atoms with Crippen molar-refractivity contribution in [2.45, 2.75) is 151 Å². The van der Waals surface area contributed by atoms with Crippen molar-refractivity contribution in [3.05, 3.63) is 121 Å². The zero-order valence-electron chi connectivity index (χ0n) is 40.1. The number of fused-ring (bicyclic) bond motifs is 16. The topological polar surface area (TPSA) is 146 Å². The van der Waals surface area contributed by atoms with E-state index in [9.17, 15) is 0 Å². The molecule has 14 heteroatoms. The number of benzene rings is 4. The number of rotatable bonds is 8. The van der Waals surface area contributed by atoms with E-state index >= 15 is 0 Å². The Hall–Kier alpha value is -3.75. The van der Waals surface area contributed by atoms with Gasteiger partial charge in [0.2, 0.25) is 0 Å². The standard InChI is InChI=1S/C56H70N8O4.Al.H2O/c1-5-13-33(14-6-1)65-37-21-25-41-45(29-37)53-57-49(41)62-54-47-31-39(67-35-17-9-3-10-18-35)23-27-43(47)51(59-54)64-56-48-32-40(68-36-19-11-4-12-20-36)24-28-44(48)52(60-56)63-55-46-30-38(66-34-15-7-2-8-16-34)22-26-42(46)50(58-55)61-53;;/h1-20,37-57,60-64H,21-32H2;;1H2/q-2;+3;/p-1. The van der Waals surface area contributed by atoms with Gasteiger partial charge in [-0.3, -0.25) is 0 Å². The van der Waals surface area contributed by atoms with Crippen LogP contribution in [-0.2, 0) is 0 Å². The molecule has 368 valence electrons. The molecule has 20 atom stereocenters. The van der Waals surface area contributed by atoms with Crippen LogP contribution < -0.4 is 50.8 Å². The summed E-state index contributed by atoms with van der Waals surface area (Å²) >= 11 is -0.270. The van der Waals surface area contributed by atoms with Gasteiger partial charge in [0, 0.05) is 0 Å². The third kappa shape index (κ3) is 8.66. The summed E-state index contributed by atoms with van der Waals surface area (Å²) in [4.78, 5) is 0. The molecule has 4 aromatic rings. The molecule has 4 saturated carbocycles. The molecule has 14 rings (SSSR count). The minimum absolute atomic E-state index is 0. The fourth-order valence-corrected chi connectivity index (χ4v) is 18.0. The van der Waals surface area contributed by atoms with Gasteiger partial charge in [0.05, 0.1) is 0 Å². The second kappa shape index (κ2) is 19.6. The summed E-state index contributed by atoms with van der Waals surface area (Å²) in [7, 11) is 0. The van der Waals surface area contributed by atoms with Gasteiger partial charge in [-0.15, -0.1) is 0 Å². The van der Waals surface area contributed by atoms with Crippen LogP contribution in [0.5, 0.6) is 23.0 Å². The quantitative estimate of drug-likeness (QED) is 0.105. The molecule has 10 aliphatic rings. The summed E-state index contributed by atoms with van der Waals surface area (Å²) in [5.41, 5.74) is 0. The Morgan fingerprint density at radius 2 is 0.586 bits per heavy atom. The second-order valence-electron chi connectivity index (χ2n) is 22.5. The predicted molar refractivity (Wildman–Crippen MR) is 267 cm³/mol. The maximum absolute atomic E-state index is 6.90. The zero-order chi connectivity index (χ0) is 45.4. The molecule has 0 radical (unpaired) electrons. The van der Waals surface area contributed by atoms with Gasteiger partial charge in [-0.2, -0.15) is 0 Å². The van der Waals surface area contributed by atoms with Crippen molar-refractivity contribution >= 4 is 15.7 Å². The summed E-state index contributed by atoms with van der Waals surface area (Å²) in [6.07, 6.45) is 15.6. The first-order valence-corrected chi connectivity index (χ1v) is 28.0. The van der Waals surface area contributed by atoms with Crippen LogP contribution in [0.1, 0.15) is 77.0 Å². The van der Waals surface area contributed by atoms with Crippen LogP contribution >= 0.6 is 0 Å². The van der Waals surface area contributed by atoms with Crippen molar-refractivity contribution in [1.82, 2.24) is 39.7 Å². The van der Waals surface area contributed by atoms with Gasteiger partial charge in [-0.1, -0.05) is 0 Å². The average molecular weight is 963 g/mol. The first kappa shape index (κ1) is 46.1. The van der Waals surface area contributed by atoms with Crippen LogP contribution in [0.15, 0.2) is 121 Å². The molecule has 6 aliphatic heterocycles. The Morgan fingerprint density at radius 1 is 0.314 bits per heavy atom. The van der Waals surface area contributed by atoms with Crippen molar-refractivity contribution < 1.29 is 24.4 Å². The van der Waals surface area contributed by atoms with E-state index in [1.54, 1.807) is 0 Å². The van der Waals surface area contributed by atoms with E-state index in [0.29, 0.717) is 47.3 Å². The fourth-order valence-electron chi connectivity index (χ4n) is 15.9. The van der Waals surface area contributed by atoms with Crippen LogP contribution in [-0.4, -0.2) is 103 Å². The number of hydrogen-bond donors (Lipinski definition) is 6. The number of para-hydroxylation sites is 4. The number of ether oxygens (including phenoxy) is 4. The summed E-state index contributed by atoms with van der Waals surface area (Å²) in [6, 6.07) is 42.2. The van der Waals surface area contributed by atoms with E-state index in [4.69, 9.17) is 18.9 Å². The minimum atomic E-state index is -0.270. The summed E-state index contributed by atoms with van der Waals surface area (Å²) in [6.45, 7) is 0. The number of nitrogens with zero attached hydrogens (tertiary/aromatic N) is 2. The third-order valence-electron chi connectivity index (χ3n) is 18.8. The molecule has 0 spiro atoms. The molecule has 6 bridgehead atoms. The molecule has 4 aliphatic carbocycles. The molecule has 0 aromatic heterocycles. The Labute approximate surface area is 420 Å². The molecule has 70 heavy (non-hydrogen) atoms. The molecule has 0 amide bonds.